The zero-order valence-electron chi connectivity index (χ0n) is 43.4. The van der Waals surface area contributed by atoms with E-state index in [0.717, 1.165) is 83.5 Å². The highest BCUT2D eigenvalue weighted by molar-refractivity contribution is 5.96. The molecule has 0 fully saturated rings. The lowest BCUT2D eigenvalue weighted by molar-refractivity contribution is 0.794. The standard InChI is InChI=1S/C76H51N3/c1-3-22-50(4-2)59-43-60(51-23-8-5-9-24-51)46-63(44-59)54-29-20-31-56(41-54)73-77-74(57-32-21-30-55(42-57)64-47-61(52-25-10-6-11-26-52)45-62(48-64)53-27-12-7-13-28-53)79-75(78-73)58-39-40-68-67-35-16-19-38-71(67)76(72(68)49-58)69-36-17-14-33-65(69)66-34-15-18-37-70(66)76/h3-49H,1-2H2. The van der Waals surface area contributed by atoms with Gasteiger partial charge in [-0.15, -0.1) is 0 Å². The molecule has 0 bridgehead atoms. The Morgan fingerprint density at radius 2 is 0.608 bits per heavy atom. The average Bonchev–Trinajstić information content (AvgIpc) is 2.47. The number of benzene rings is 11. The number of hydrogen-bond donors (Lipinski definition) is 0. The number of rotatable bonds is 11. The van der Waals surface area contributed by atoms with Crippen molar-refractivity contribution in [2.75, 3.05) is 0 Å². The Bertz CT molecular complexity index is 4280. The van der Waals surface area contributed by atoms with Crippen LogP contribution in [0.1, 0.15) is 27.8 Å². The fraction of sp³-hybridized carbons (Fsp3) is 0.0132. The third-order valence-electron chi connectivity index (χ3n) is 15.8. The van der Waals surface area contributed by atoms with E-state index < -0.39 is 5.41 Å². The highest BCUT2D eigenvalue weighted by Crippen LogP contribution is 2.63. The van der Waals surface area contributed by atoms with Crippen molar-refractivity contribution in [3.05, 3.63) is 326 Å². The maximum absolute atomic E-state index is 5.48. The summed E-state index contributed by atoms with van der Waals surface area (Å²) in [6, 6.07) is 96.2. The minimum Gasteiger partial charge on any atom is -0.208 e. The Hall–Kier alpha value is -10.4. The van der Waals surface area contributed by atoms with Gasteiger partial charge in [-0.2, -0.15) is 0 Å². The molecule has 3 heteroatoms. The van der Waals surface area contributed by atoms with Gasteiger partial charge >= 0.3 is 0 Å². The van der Waals surface area contributed by atoms with Gasteiger partial charge in [0.25, 0.3) is 0 Å². The first-order valence-corrected chi connectivity index (χ1v) is 26.9. The molecule has 1 aromatic heterocycles. The second-order valence-corrected chi connectivity index (χ2v) is 20.4. The van der Waals surface area contributed by atoms with Crippen molar-refractivity contribution in [1.82, 2.24) is 15.0 Å². The molecule has 370 valence electrons. The lowest BCUT2D eigenvalue weighted by Crippen LogP contribution is -2.25. The first-order chi connectivity index (χ1) is 39.0. The highest BCUT2D eigenvalue weighted by Gasteiger charge is 2.51. The van der Waals surface area contributed by atoms with Crippen molar-refractivity contribution in [2.24, 2.45) is 0 Å². The molecule has 0 amide bonds. The average molecular weight is 1010 g/mol. The normalized spacial score (nSPS) is 12.6. The smallest absolute Gasteiger partial charge is 0.164 e. The van der Waals surface area contributed by atoms with Gasteiger partial charge in [0.15, 0.2) is 17.5 Å². The van der Waals surface area contributed by atoms with Crippen LogP contribution in [0.4, 0.5) is 0 Å². The van der Waals surface area contributed by atoms with Crippen LogP contribution < -0.4 is 0 Å². The molecule has 2 aliphatic carbocycles. The van der Waals surface area contributed by atoms with Crippen molar-refractivity contribution in [2.45, 2.75) is 5.41 Å². The van der Waals surface area contributed by atoms with E-state index in [1.54, 1.807) is 0 Å². The van der Waals surface area contributed by atoms with Gasteiger partial charge in [0, 0.05) is 16.7 Å². The van der Waals surface area contributed by atoms with Crippen molar-refractivity contribution in [3.8, 4) is 112 Å². The van der Waals surface area contributed by atoms with Gasteiger partial charge in [0.1, 0.15) is 0 Å². The second-order valence-electron chi connectivity index (χ2n) is 20.4. The summed E-state index contributed by atoms with van der Waals surface area (Å²) in [4.78, 5) is 16.4. The molecule has 1 spiro atoms. The fourth-order valence-electron chi connectivity index (χ4n) is 12.2. The number of aromatic nitrogens is 3. The molecule has 1 heterocycles. The predicted molar refractivity (Wildman–Crippen MR) is 328 cm³/mol. The van der Waals surface area contributed by atoms with Crippen molar-refractivity contribution >= 4 is 5.57 Å². The van der Waals surface area contributed by atoms with E-state index in [-0.39, 0.29) is 0 Å². The number of nitrogens with zero attached hydrogens (tertiary/aromatic N) is 3. The Labute approximate surface area is 461 Å². The molecule has 79 heavy (non-hydrogen) atoms. The molecule has 0 aliphatic heterocycles. The Morgan fingerprint density at radius 3 is 1.04 bits per heavy atom. The second kappa shape index (κ2) is 19.7. The van der Waals surface area contributed by atoms with E-state index in [4.69, 9.17) is 15.0 Å². The van der Waals surface area contributed by atoms with Crippen LogP contribution in [0.2, 0.25) is 0 Å². The van der Waals surface area contributed by atoms with Gasteiger partial charge in [-0.1, -0.05) is 244 Å². The molecular weight excluding hydrogens is 955 g/mol. The van der Waals surface area contributed by atoms with Gasteiger partial charge in [0.05, 0.1) is 5.41 Å². The zero-order chi connectivity index (χ0) is 52.9. The van der Waals surface area contributed by atoms with Crippen molar-refractivity contribution in [1.29, 1.82) is 0 Å². The molecule has 11 aromatic carbocycles. The molecule has 3 nitrogen and oxygen atoms in total. The van der Waals surface area contributed by atoms with Crippen LogP contribution in [0.3, 0.4) is 0 Å². The Balaban J connectivity index is 0.961. The van der Waals surface area contributed by atoms with E-state index in [1.807, 2.05) is 18.2 Å². The molecule has 0 atom stereocenters. The minimum atomic E-state index is -0.525. The van der Waals surface area contributed by atoms with Gasteiger partial charge in [-0.05, 0) is 166 Å². The van der Waals surface area contributed by atoms with Crippen LogP contribution in [-0.4, -0.2) is 15.0 Å². The SMILES string of the molecule is C=CC=C(C=C)c1cc(-c2ccccc2)cc(-c2cccc(-c3nc(-c4cccc(-c5cc(-c6ccccc6)cc(-c6ccccc6)c5)c4)nc(-c4ccc5c(c4)C4(c6ccccc6-c6ccccc64)c4ccccc4-5)n3)c2)c1. The molecule has 0 saturated carbocycles. The maximum Gasteiger partial charge on any atom is 0.164 e. The molecule has 0 saturated heterocycles. The van der Waals surface area contributed by atoms with E-state index in [9.17, 15) is 0 Å². The number of hydrogen-bond acceptors (Lipinski definition) is 3. The molecular formula is C76H51N3. The van der Waals surface area contributed by atoms with E-state index in [2.05, 4.69) is 280 Å². The van der Waals surface area contributed by atoms with E-state index in [0.29, 0.717) is 17.5 Å². The summed E-state index contributed by atoms with van der Waals surface area (Å²) in [5.74, 6) is 1.76. The lowest BCUT2D eigenvalue weighted by atomic mass is 9.70. The Kier molecular flexibility index (Phi) is 11.7. The zero-order valence-corrected chi connectivity index (χ0v) is 43.4. The van der Waals surface area contributed by atoms with E-state index in [1.165, 1.54) is 44.5 Å². The summed E-state index contributed by atoms with van der Waals surface area (Å²) in [5, 5.41) is 0. The van der Waals surface area contributed by atoms with Crippen LogP contribution in [0.25, 0.3) is 118 Å². The highest BCUT2D eigenvalue weighted by atomic mass is 15.0. The number of fused-ring (bicyclic) bond motifs is 10. The monoisotopic (exact) mass is 1010 g/mol. The van der Waals surface area contributed by atoms with Gasteiger partial charge in [-0.3, -0.25) is 0 Å². The fourth-order valence-corrected chi connectivity index (χ4v) is 12.2. The van der Waals surface area contributed by atoms with Gasteiger partial charge < -0.3 is 0 Å². The van der Waals surface area contributed by atoms with Crippen LogP contribution in [-0.2, 0) is 5.41 Å². The van der Waals surface area contributed by atoms with Gasteiger partial charge in [-0.25, -0.2) is 15.0 Å². The van der Waals surface area contributed by atoms with Crippen LogP contribution in [0, 0.1) is 0 Å². The molecule has 0 radical (unpaired) electrons. The first kappa shape index (κ1) is 47.1. The topological polar surface area (TPSA) is 38.7 Å². The van der Waals surface area contributed by atoms with Gasteiger partial charge in [0.2, 0.25) is 0 Å². The third-order valence-corrected chi connectivity index (χ3v) is 15.8. The number of allylic oxidation sites excluding steroid dienone is 4. The van der Waals surface area contributed by atoms with Crippen LogP contribution in [0.15, 0.2) is 298 Å². The summed E-state index contributed by atoms with van der Waals surface area (Å²) in [5.41, 5.74) is 25.4. The Morgan fingerprint density at radius 1 is 0.278 bits per heavy atom. The summed E-state index contributed by atoms with van der Waals surface area (Å²) < 4.78 is 0. The summed E-state index contributed by atoms with van der Waals surface area (Å²) in [7, 11) is 0. The lowest BCUT2D eigenvalue weighted by Gasteiger charge is -2.30. The molecule has 12 aromatic rings. The predicted octanol–water partition coefficient (Wildman–Crippen LogP) is 19.3. The summed E-state index contributed by atoms with van der Waals surface area (Å²) in [6.07, 6.45) is 5.71. The van der Waals surface area contributed by atoms with E-state index >= 15 is 0 Å². The maximum atomic E-state index is 5.48. The van der Waals surface area contributed by atoms with Crippen molar-refractivity contribution in [3.63, 3.8) is 0 Å². The molecule has 2 aliphatic rings. The minimum absolute atomic E-state index is 0.525. The largest absolute Gasteiger partial charge is 0.208 e. The van der Waals surface area contributed by atoms with Crippen molar-refractivity contribution < 1.29 is 0 Å². The first-order valence-electron chi connectivity index (χ1n) is 26.9. The molecule has 0 N–H and O–H groups in total. The quantitative estimate of drug-likeness (QED) is 0.121. The van der Waals surface area contributed by atoms with Crippen LogP contribution >= 0.6 is 0 Å². The summed E-state index contributed by atoms with van der Waals surface area (Å²) >= 11 is 0. The molecule has 0 unspecified atom stereocenters. The molecule has 14 rings (SSSR count). The summed E-state index contributed by atoms with van der Waals surface area (Å²) in [6.45, 7) is 8.18. The third kappa shape index (κ3) is 8.19. The van der Waals surface area contributed by atoms with Crippen LogP contribution in [0.5, 0.6) is 0 Å².